The van der Waals surface area contributed by atoms with Gasteiger partial charge < -0.3 is 4.55 Å². The molecule has 3 nitrogen and oxygen atoms in total. The predicted octanol–water partition coefficient (Wildman–Crippen LogP) is 1.43. The summed E-state index contributed by atoms with van der Waals surface area (Å²) in [5, 5.41) is 1.91. The Kier molecular flexibility index (Phi) is 8.94. The number of unbranched alkanes of at least 4 members (excludes halogenated alkanes) is 2. The van der Waals surface area contributed by atoms with Crippen molar-refractivity contribution in [2.45, 2.75) is 57.3 Å². The van der Waals surface area contributed by atoms with Crippen molar-refractivity contribution in [3.8, 4) is 0 Å². The Morgan fingerprint density at radius 2 is 1.61 bits per heavy atom. The molecule has 0 fully saturated rings. The number of fused-ring (bicyclic) bond motifs is 1. The second-order valence-corrected chi connectivity index (χ2v) is 7.11. The monoisotopic (exact) mass is 358 g/mol. The number of hydrogen-bond acceptors (Lipinski definition) is 3. The van der Waals surface area contributed by atoms with Crippen LogP contribution in [0.1, 0.15) is 50.7 Å². The van der Waals surface area contributed by atoms with E-state index < -0.39 is 10.1 Å². The molecule has 0 saturated heterocycles. The van der Waals surface area contributed by atoms with Gasteiger partial charge in [0.2, 0.25) is 0 Å². The third kappa shape index (κ3) is 5.63. The smallest absolute Gasteiger partial charge is 0.744 e. The summed E-state index contributed by atoms with van der Waals surface area (Å²) in [5.41, 5.74) is 1.94. The Labute approximate surface area is 182 Å². The molecule has 0 N–H and O–H groups in total. The molecule has 0 radical (unpaired) electrons. The summed E-state index contributed by atoms with van der Waals surface area (Å²) in [7, 11) is -4.43. The standard InChI is InChI=1S/C18H24O3S.K/c1-3-5-7-14-9-11-16-15(13-14)10-12-18(22(19,20)21)17(16)8-6-4-2;/h9-13H,3-8H2,1-2H3,(H,19,20,21);/q;+1/p-1. The van der Waals surface area contributed by atoms with Crippen molar-refractivity contribution < 1.29 is 64.4 Å². The largest absolute Gasteiger partial charge is 1.00 e. The van der Waals surface area contributed by atoms with Gasteiger partial charge in [-0.05, 0) is 53.6 Å². The molecule has 0 atom stereocenters. The molecule has 0 aromatic heterocycles. The van der Waals surface area contributed by atoms with Crippen LogP contribution in [0, 0.1) is 0 Å². The third-order valence-electron chi connectivity index (χ3n) is 4.02. The Morgan fingerprint density at radius 3 is 2.22 bits per heavy atom. The molecule has 0 heterocycles. The predicted molar refractivity (Wildman–Crippen MR) is 89.1 cm³/mol. The topological polar surface area (TPSA) is 57.2 Å². The molecule has 0 aliphatic heterocycles. The van der Waals surface area contributed by atoms with Crippen LogP contribution in [0.4, 0.5) is 0 Å². The second kappa shape index (κ2) is 9.66. The molecule has 2 aromatic rings. The summed E-state index contributed by atoms with van der Waals surface area (Å²) < 4.78 is 34.5. The van der Waals surface area contributed by atoms with Crippen LogP contribution in [0.25, 0.3) is 10.8 Å². The number of aryl methyl sites for hydroxylation is 2. The van der Waals surface area contributed by atoms with Crippen molar-refractivity contribution >= 4 is 20.9 Å². The fourth-order valence-corrected chi connectivity index (χ4v) is 3.55. The van der Waals surface area contributed by atoms with Gasteiger partial charge in [0.1, 0.15) is 10.1 Å². The molecule has 120 valence electrons. The van der Waals surface area contributed by atoms with Crippen LogP contribution in [0.3, 0.4) is 0 Å². The number of rotatable bonds is 7. The van der Waals surface area contributed by atoms with E-state index in [1.165, 1.54) is 11.6 Å². The number of hydrogen-bond donors (Lipinski definition) is 0. The molecule has 0 aliphatic carbocycles. The van der Waals surface area contributed by atoms with Crippen LogP contribution in [-0.2, 0) is 23.0 Å². The van der Waals surface area contributed by atoms with Gasteiger partial charge in [0.05, 0.1) is 4.90 Å². The van der Waals surface area contributed by atoms with Crippen LogP contribution in [0.5, 0.6) is 0 Å². The minimum absolute atomic E-state index is 0. The van der Waals surface area contributed by atoms with Crippen LogP contribution < -0.4 is 51.4 Å². The molecule has 0 bridgehead atoms. The minimum atomic E-state index is -4.43. The Morgan fingerprint density at radius 1 is 0.957 bits per heavy atom. The van der Waals surface area contributed by atoms with Gasteiger partial charge in [-0.25, -0.2) is 8.42 Å². The summed E-state index contributed by atoms with van der Waals surface area (Å²) in [5.74, 6) is 0. The van der Waals surface area contributed by atoms with Crippen LogP contribution in [0.2, 0.25) is 0 Å². The first-order chi connectivity index (χ1) is 10.5. The van der Waals surface area contributed by atoms with Gasteiger partial charge in [-0.2, -0.15) is 0 Å². The van der Waals surface area contributed by atoms with Gasteiger partial charge in [-0.15, -0.1) is 0 Å². The van der Waals surface area contributed by atoms with Crippen molar-refractivity contribution in [2.24, 2.45) is 0 Å². The molecule has 0 unspecified atom stereocenters. The summed E-state index contributed by atoms with van der Waals surface area (Å²) in [6.07, 6.45) is 5.77. The van der Waals surface area contributed by atoms with Crippen molar-refractivity contribution in [2.75, 3.05) is 0 Å². The van der Waals surface area contributed by atoms with E-state index in [1.54, 1.807) is 6.07 Å². The quantitative estimate of drug-likeness (QED) is 0.556. The second-order valence-electron chi connectivity index (χ2n) is 5.76. The SMILES string of the molecule is CCCCc1ccc2c(CCCC)c(S(=O)(=O)[O-])ccc2c1.[K+]. The minimum Gasteiger partial charge on any atom is -0.744 e. The molecular formula is C18H23KO3S. The maximum atomic E-state index is 11.5. The molecule has 0 saturated carbocycles. The van der Waals surface area contributed by atoms with E-state index in [0.29, 0.717) is 12.0 Å². The van der Waals surface area contributed by atoms with Crippen molar-refractivity contribution in [3.05, 3.63) is 41.5 Å². The van der Waals surface area contributed by atoms with Gasteiger partial charge in [0, 0.05) is 0 Å². The van der Waals surface area contributed by atoms with E-state index in [-0.39, 0.29) is 56.3 Å². The molecule has 0 aliphatic rings. The third-order valence-corrected chi connectivity index (χ3v) is 4.94. The molecule has 2 rings (SSSR count). The Bertz CT molecular complexity index is 754. The normalized spacial score (nSPS) is 11.4. The van der Waals surface area contributed by atoms with E-state index in [9.17, 15) is 13.0 Å². The van der Waals surface area contributed by atoms with Crippen LogP contribution in [0.15, 0.2) is 35.2 Å². The first-order valence-corrected chi connectivity index (χ1v) is 9.38. The zero-order valence-corrected chi connectivity index (χ0v) is 18.2. The van der Waals surface area contributed by atoms with Crippen LogP contribution in [-0.4, -0.2) is 13.0 Å². The molecule has 23 heavy (non-hydrogen) atoms. The van der Waals surface area contributed by atoms with Crippen molar-refractivity contribution in [3.63, 3.8) is 0 Å². The molecule has 2 aromatic carbocycles. The van der Waals surface area contributed by atoms with E-state index in [1.807, 2.05) is 6.07 Å². The average Bonchev–Trinajstić information content (AvgIpc) is 2.49. The van der Waals surface area contributed by atoms with Gasteiger partial charge in [-0.3, -0.25) is 0 Å². The first-order valence-electron chi connectivity index (χ1n) is 7.97. The summed E-state index contributed by atoms with van der Waals surface area (Å²) in [6, 6.07) is 9.36. The van der Waals surface area contributed by atoms with Gasteiger partial charge in [0.25, 0.3) is 0 Å². The molecule has 0 spiro atoms. The average molecular weight is 359 g/mol. The van der Waals surface area contributed by atoms with Gasteiger partial charge >= 0.3 is 51.4 Å². The molecular weight excluding hydrogens is 335 g/mol. The summed E-state index contributed by atoms with van der Waals surface area (Å²) in [4.78, 5) is -0.0604. The fraction of sp³-hybridized carbons (Fsp3) is 0.444. The van der Waals surface area contributed by atoms with Gasteiger partial charge in [0.15, 0.2) is 0 Å². The summed E-state index contributed by atoms with van der Waals surface area (Å²) >= 11 is 0. The van der Waals surface area contributed by atoms with Gasteiger partial charge in [-0.1, -0.05) is 51.0 Å². The van der Waals surface area contributed by atoms with E-state index >= 15 is 0 Å². The maximum absolute atomic E-state index is 11.5. The van der Waals surface area contributed by atoms with Crippen LogP contribution >= 0.6 is 0 Å². The molecule has 0 amide bonds. The van der Waals surface area contributed by atoms with Crippen molar-refractivity contribution in [1.29, 1.82) is 0 Å². The fourth-order valence-electron chi connectivity index (χ4n) is 2.81. The van der Waals surface area contributed by atoms with E-state index in [2.05, 4.69) is 26.0 Å². The summed E-state index contributed by atoms with van der Waals surface area (Å²) in [6.45, 7) is 4.22. The molecule has 5 heteroatoms. The Balaban J connectivity index is 0.00000264. The van der Waals surface area contributed by atoms with E-state index in [4.69, 9.17) is 0 Å². The Hall–Kier alpha value is 0.246. The van der Waals surface area contributed by atoms with Crippen molar-refractivity contribution in [1.82, 2.24) is 0 Å². The maximum Gasteiger partial charge on any atom is 1.00 e. The first kappa shape index (κ1) is 21.3. The number of benzene rings is 2. The van der Waals surface area contributed by atoms with E-state index in [0.717, 1.165) is 42.9 Å². The zero-order chi connectivity index (χ0) is 16.2. The zero-order valence-electron chi connectivity index (χ0n) is 14.3.